The van der Waals surface area contributed by atoms with Crippen molar-refractivity contribution in [1.29, 1.82) is 0 Å². The molecule has 1 heterocycles. The topological polar surface area (TPSA) is 0 Å². The summed E-state index contributed by atoms with van der Waals surface area (Å²) in [6, 6.07) is 39.3. The number of hydrogen-bond acceptors (Lipinski definition) is 0. The monoisotopic (exact) mass is 528 g/mol. The summed E-state index contributed by atoms with van der Waals surface area (Å²) >= 11 is 0. The third-order valence-electron chi connectivity index (χ3n) is 8.63. The standard InChI is InChI=1S/C28H31B.C8H10.C3H8/c1-21(17-18-22-11-7-6-8-12-22)23-13-9-14-24(19-23)25-15-10-16-26(20-25)29-27(2,3)28(29,4)5;1-2-8-6-4-3-5-7-8;1-3-2/h6-17,19-20H,18H2,1-5H3;3-7H,2H2,1H3;3H2,1-2H3/b21-17+;;. The van der Waals surface area contributed by atoms with Gasteiger partial charge in [-0.1, -0.05) is 180 Å². The fourth-order valence-electron chi connectivity index (χ4n) is 5.59. The molecule has 1 saturated heterocycles. The van der Waals surface area contributed by atoms with Gasteiger partial charge in [0.2, 0.25) is 0 Å². The van der Waals surface area contributed by atoms with E-state index in [0.717, 1.165) is 12.8 Å². The van der Waals surface area contributed by atoms with Crippen LogP contribution in [0.1, 0.15) is 78.5 Å². The van der Waals surface area contributed by atoms with Crippen LogP contribution in [0.5, 0.6) is 0 Å². The van der Waals surface area contributed by atoms with Gasteiger partial charge in [0.15, 0.2) is 6.71 Å². The molecule has 0 nitrogen and oxygen atoms in total. The second-order valence-electron chi connectivity index (χ2n) is 12.2. The fourth-order valence-corrected chi connectivity index (χ4v) is 5.59. The van der Waals surface area contributed by atoms with Gasteiger partial charge in [-0.05, 0) is 59.2 Å². The molecule has 0 aliphatic carbocycles. The van der Waals surface area contributed by atoms with Crippen LogP contribution < -0.4 is 5.46 Å². The van der Waals surface area contributed by atoms with Gasteiger partial charge in [-0.3, -0.25) is 0 Å². The first-order valence-corrected chi connectivity index (χ1v) is 15.1. The molecule has 0 saturated carbocycles. The predicted octanol–water partition coefficient (Wildman–Crippen LogP) is 10.9. The maximum Gasteiger partial charge on any atom is 0.187 e. The number of aryl methyl sites for hydroxylation is 1. The van der Waals surface area contributed by atoms with Crippen molar-refractivity contribution in [2.75, 3.05) is 0 Å². The van der Waals surface area contributed by atoms with Gasteiger partial charge in [0.05, 0.1) is 0 Å². The molecule has 0 unspecified atom stereocenters. The van der Waals surface area contributed by atoms with Crippen molar-refractivity contribution in [3.63, 3.8) is 0 Å². The zero-order valence-corrected chi connectivity index (χ0v) is 26.2. The van der Waals surface area contributed by atoms with Gasteiger partial charge < -0.3 is 0 Å². The van der Waals surface area contributed by atoms with Crippen molar-refractivity contribution in [1.82, 2.24) is 0 Å². The highest BCUT2D eigenvalue weighted by molar-refractivity contribution is 6.89. The molecule has 0 amide bonds. The zero-order valence-electron chi connectivity index (χ0n) is 26.2. The number of rotatable bonds is 6. The third kappa shape index (κ3) is 7.88. The van der Waals surface area contributed by atoms with E-state index in [4.69, 9.17) is 0 Å². The molecule has 40 heavy (non-hydrogen) atoms. The van der Waals surface area contributed by atoms with Crippen molar-refractivity contribution < 1.29 is 0 Å². The van der Waals surface area contributed by atoms with E-state index in [0.29, 0.717) is 17.3 Å². The number of allylic oxidation sites excluding steroid dienone is 2. The van der Waals surface area contributed by atoms with E-state index in [-0.39, 0.29) is 0 Å². The van der Waals surface area contributed by atoms with E-state index in [1.165, 1.54) is 45.3 Å². The zero-order chi connectivity index (χ0) is 29.2. The third-order valence-corrected chi connectivity index (χ3v) is 8.63. The van der Waals surface area contributed by atoms with E-state index in [1.807, 2.05) is 6.07 Å². The summed E-state index contributed by atoms with van der Waals surface area (Å²) in [7, 11) is 0. The quantitative estimate of drug-likeness (QED) is 0.218. The molecular formula is C39H49B. The first kappa shape index (κ1) is 31.2. The summed E-state index contributed by atoms with van der Waals surface area (Å²) in [5, 5.41) is 0.731. The van der Waals surface area contributed by atoms with E-state index >= 15 is 0 Å². The van der Waals surface area contributed by atoms with Crippen LogP contribution in [0.15, 0.2) is 115 Å². The normalized spacial score (nSPS) is 14.8. The Balaban J connectivity index is 0.000000337. The first-order chi connectivity index (χ1) is 19.1. The minimum atomic E-state index is 0.365. The summed E-state index contributed by atoms with van der Waals surface area (Å²) in [6.45, 7) is 18.8. The lowest BCUT2D eigenvalue weighted by Gasteiger charge is -2.09. The average Bonchev–Trinajstić information content (AvgIpc) is 3.40. The van der Waals surface area contributed by atoms with Crippen LogP contribution in [0.2, 0.25) is 10.6 Å². The summed E-state index contributed by atoms with van der Waals surface area (Å²) in [5.41, 5.74) is 9.48. The van der Waals surface area contributed by atoms with Crippen LogP contribution >= 0.6 is 0 Å². The van der Waals surface area contributed by atoms with Crippen LogP contribution in [-0.2, 0) is 12.8 Å². The Morgan fingerprint density at radius 3 is 1.62 bits per heavy atom. The Bertz CT molecular complexity index is 1330. The molecular weight excluding hydrogens is 479 g/mol. The summed E-state index contributed by atoms with van der Waals surface area (Å²) in [4.78, 5) is 0. The summed E-state index contributed by atoms with van der Waals surface area (Å²) in [5.74, 6) is 0. The molecule has 1 aliphatic rings. The maximum absolute atomic E-state index is 2.41. The smallest absolute Gasteiger partial charge is 0.0783 e. The number of hydrogen-bond donors (Lipinski definition) is 0. The van der Waals surface area contributed by atoms with Crippen molar-refractivity contribution >= 4 is 17.7 Å². The first-order valence-electron chi connectivity index (χ1n) is 15.1. The largest absolute Gasteiger partial charge is 0.187 e. The van der Waals surface area contributed by atoms with Gasteiger partial charge in [-0.15, -0.1) is 0 Å². The van der Waals surface area contributed by atoms with Crippen molar-refractivity contribution in [3.8, 4) is 11.1 Å². The molecule has 0 radical (unpaired) electrons. The molecule has 1 heteroatoms. The van der Waals surface area contributed by atoms with Crippen LogP contribution in [0.3, 0.4) is 0 Å². The Labute approximate surface area is 245 Å². The molecule has 1 fully saturated rings. The molecule has 0 bridgehead atoms. The van der Waals surface area contributed by atoms with E-state index in [9.17, 15) is 0 Å². The Kier molecular flexibility index (Phi) is 11.2. The SMILES string of the molecule is C/C(=C\Cc1ccccc1)c1cccc(-c2cccc(B3C(C)(C)C3(C)C)c2)c1.CCC.CCc1ccccc1. The van der Waals surface area contributed by atoms with Gasteiger partial charge in [-0.2, -0.15) is 0 Å². The molecule has 0 atom stereocenters. The highest BCUT2D eigenvalue weighted by Crippen LogP contribution is 2.73. The second-order valence-corrected chi connectivity index (χ2v) is 12.2. The molecule has 0 N–H and O–H groups in total. The predicted molar refractivity (Wildman–Crippen MR) is 181 cm³/mol. The van der Waals surface area contributed by atoms with Crippen LogP contribution in [0.25, 0.3) is 16.7 Å². The van der Waals surface area contributed by atoms with Crippen LogP contribution in [0, 0.1) is 0 Å². The average molecular weight is 529 g/mol. The highest BCUT2D eigenvalue weighted by Gasteiger charge is 2.67. The highest BCUT2D eigenvalue weighted by atomic mass is 14.5. The van der Waals surface area contributed by atoms with Crippen LogP contribution in [0.4, 0.5) is 0 Å². The van der Waals surface area contributed by atoms with Crippen molar-refractivity contribution in [2.45, 2.75) is 85.3 Å². The maximum atomic E-state index is 2.41. The molecule has 0 spiro atoms. The lowest BCUT2D eigenvalue weighted by Crippen LogP contribution is -2.20. The molecule has 208 valence electrons. The lowest BCUT2D eigenvalue weighted by molar-refractivity contribution is 0.628. The number of benzene rings is 4. The summed E-state index contributed by atoms with van der Waals surface area (Å²) < 4.78 is 0. The van der Waals surface area contributed by atoms with Gasteiger partial charge >= 0.3 is 0 Å². The summed E-state index contributed by atoms with van der Waals surface area (Å²) in [6.07, 6.45) is 5.69. The van der Waals surface area contributed by atoms with Crippen molar-refractivity contribution in [2.24, 2.45) is 0 Å². The van der Waals surface area contributed by atoms with Crippen LogP contribution in [-0.4, -0.2) is 6.71 Å². The van der Waals surface area contributed by atoms with E-state index in [2.05, 4.69) is 165 Å². The fraction of sp³-hybridized carbons (Fsp3) is 0.333. The van der Waals surface area contributed by atoms with E-state index < -0.39 is 0 Å². The Morgan fingerprint density at radius 2 is 1.12 bits per heavy atom. The molecule has 4 aromatic carbocycles. The van der Waals surface area contributed by atoms with Gasteiger partial charge in [0, 0.05) is 0 Å². The van der Waals surface area contributed by atoms with Gasteiger partial charge in [0.25, 0.3) is 0 Å². The Hall–Kier alpha value is -3.32. The Morgan fingerprint density at radius 1 is 0.625 bits per heavy atom. The minimum Gasteiger partial charge on any atom is -0.0783 e. The van der Waals surface area contributed by atoms with Gasteiger partial charge in [-0.25, -0.2) is 0 Å². The van der Waals surface area contributed by atoms with Crippen molar-refractivity contribution in [3.05, 3.63) is 132 Å². The molecule has 5 rings (SSSR count). The minimum absolute atomic E-state index is 0.365. The molecule has 1 aliphatic heterocycles. The molecule has 4 aromatic rings. The lowest BCUT2D eigenvalue weighted by atomic mass is 9.53. The van der Waals surface area contributed by atoms with E-state index in [1.54, 1.807) is 0 Å². The second kappa shape index (κ2) is 14.4. The van der Waals surface area contributed by atoms with Gasteiger partial charge in [0.1, 0.15) is 0 Å². The molecule has 0 aromatic heterocycles.